The zero-order valence-electron chi connectivity index (χ0n) is 22.7. The van der Waals surface area contributed by atoms with E-state index in [2.05, 4.69) is 61.5 Å². The van der Waals surface area contributed by atoms with Crippen LogP contribution in [0.15, 0.2) is 61.9 Å². The molecular formula is C30H31N3O4S. The Morgan fingerprint density at radius 3 is 2.50 bits per heavy atom. The molecule has 3 aromatic heterocycles. The summed E-state index contributed by atoms with van der Waals surface area (Å²) in [5, 5.41) is 0. The summed E-state index contributed by atoms with van der Waals surface area (Å²) < 4.78 is 15.5. The molecule has 1 aliphatic heterocycles. The van der Waals surface area contributed by atoms with Crippen LogP contribution in [0.3, 0.4) is 0 Å². The second kappa shape index (κ2) is 9.76. The van der Waals surface area contributed by atoms with E-state index in [4.69, 9.17) is 9.15 Å². The number of allylic oxidation sites excluding steroid dienone is 1. The van der Waals surface area contributed by atoms with E-state index >= 15 is 0 Å². The molecule has 0 bridgehead atoms. The number of rotatable bonds is 5. The number of benzene rings is 1. The maximum Gasteiger partial charge on any atom is 0.338 e. The van der Waals surface area contributed by atoms with Crippen molar-refractivity contribution in [2.45, 2.75) is 54.5 Å². The molecule has 8 heteroatoms. The molecule has 0 saturated heterocycles. The van der Waals surface area contributed by atoms with Gasteiger partial charge in [0.1, 0.15) is 17.6 Å². The van der Waals surface area contributed by atoms with Gasteiger partial charge in [-0.05, 0) is 102 Å². The van der Waals surface area contributed by atoms with E-state index in [1.54, 1.807) is 24.5 Å². The summed E-state index contributed by atoms with van der Waals surface area (Å²) in [6.45, 7) is 13.9. The molecule has 1 atom stereocenters. The molecule has 0 aliphatic carbocycles. The zero-order valence-corrected chi connectivity index (χ0v) is 23.5. The fourth-order valence-corrected chi connectivity index (χ4v) is 6.04. The molecule has 0 radical (unpaired) electrons. The Morgan fingerprint density at radius 2 is 1.84 bits per heavy atom. The number of hydrogen-bond donors (Lipinski definition) is 0. The predicted octanol–water partition coefficient (Wildman–Crippen LogP) is 4.72. The maximum atomic E-state index is 13.9. The van der Waals surface area contributed by atoms with Crippen molar-refractivity contribution >= 4 is 23.4 Å². The first-order valence-corrected chi connectivity index (χ1v) is 13.4. The average molecular weight is 530 g/mol. The normalized spacial score (nSPS) is 15.6. The summed E-state index contributed by atoms with van der Waals surface area (Å²) in [5.74, 6) is 0.693. The minimum absolute atomic E-state index is 0.222. The summed E-state index contributed by atoms with van der Waals surface area (Å²) in [4.78, 5) is 32.0. The van der Waals surface area contributed by atoms with E-state index in [9.17, 15) is 9.59 Å². The van der Waals surface area contributed by atoms with Crippen molar-refractivity contribution in [2.24, 2.45) is 4.99 Å². The largest absolute Gasteiger partial charge is 0.464 e. The highest BCUT2D eigenvalue weighted by molar-refractivity contribution is 7.07. The first kappa shape index (κ1) is 25.7. The second-order valence-corrected chi connectivity index (χ2v) is 10.7. The SMILES string of the molecule is CCOC(=O)C1=C(C)N=c2s/c(=C/c3cc(C)n(-c4ccc(C)c(C)c4)c3C)c(=O)n2[C@@H]1c1ccc(C)o1. The number of esters is 1. The van der Waals surface area contributed by atoms with Crippen LogP contribution in [-0.2, 0) is 9.53 Å². The van der Waals surface area contributed by atoms with Crippen LogP contribution in [0.25, 0.3) is 11.8 Å². The fraction of sp³-hybridized carbons (Fsp3) is 0.300. The van der Waals surface area contributed by atoms with Crippen LogP contribution in [0, 0.1) is 34.6 Å². The van der Waals surface area contributed by atoms with Crippen LogP contribution in [0.5, 0.6) is 0 Å². The molecule has 0 amide bonds. The number of hydrogen-bond acceptors (Lipinski definition) is 6. The summed E-state index contributed by atoms with van der Waals surface area (Å²) >= 11 is 1.31. The van der Waals surface area contributed by atoms with Gasteiger partial charge in [-0.15, -0.1) is 0 Å². The average Bonchev–Trinajstić information content (AvgIpc) is 3.51. The van der Waals surface area contributed by atoms with Gasteiger partial charge in [-0.2, -0.15) is 0 Å². The molecule has 0 spiro atoms. The van der Waals surface area contributed by atoms with Crippen LogP contribution in [0.1, 0.15) is 59.5 Å². The van der Waals surface area contributed by atoms with Crippen LogP contribution in [0.4, 0.5) is 0 Å². The molecule has 1 aromatic carbocycles. The summed E-state index contributed by atoms with van der Waals surface area (Å²) in [7, 11) is 0. The third-order valence-corrected chi connectivity index (χ3v) is 8.04. The van der Waals surface area contributed by atoms with E-state index in [0.717, 1.165) is 22.6 Å². The Labute approximate surface area is 225 Å². The van der Waals surface area contributed by atoms with Gasteiger partial charge in [0, 0.05) is 17.1 Å². The number of thiazole rings is 1. The van der Waals surface area contributed by atoms with Crippen molar-refractivity contribution in [3.63, 3.8) is 0 Å². The summed E-state index contributed by atoms with van der Waals surface area (Å²) in [6.07, 6.45) is 1.91. The number of carbonyl (C=O) groups excluding carboxylic acids is 1. The molecule has 38 heavy (non-hydrogen) atoms. The molecule has 0 fully saturated rings. The predicted molar refractivity (Wildman–Crippen MR) is 149 cm³/mol. The van der Waals surface area contributed by atoms with Gasteiger partial charge in [-0.1, -0.05) is 17.4 Å². The van der Waals surface area contributed by atoms with Crippen molar-refractivity contribution in [3.8, 4) is 5.69 Å². The Morgan fingerprint density at radius 1 is 1.08 bits per heavy atom. The van der Waals surface area contributed by atoms with Crippen LogP contribution >= 0.6 is 11.3 Å². The molecule has 0 unspecified atom stereocenters. The standard InChI is InChI=1S/C30H31N3O4S/c1-8-36-29(35)26-20(6)31-30-33(27(26)24-12-10-19(5)37-24)28(34)25(38-30)15-22-14-18(4)32(21(22)7)23-11-9-16(2)17(3)13-23/h9-15,27H,8H2,1-7H3/b25-15+/t27-/m1/s1. The number of carbonyl (C=O) groups is 1. The lowest BCUT2D eigenvalue weighted by molar-refractivity contribution is -0.139. The van der Waals surface area contributed by atoms with Crippen molar-refractivity contribution < 1.29 is 13.9 Å². The third kappa shape index (κ3) is 4.28. The first-order chi connectivity index (χ1) is 18.1. The molecule has 4 heterocycles. The van der Waals surface area contributed by atoms with E-state index in [1.807, 2.05) is 19.1 Å². The number of furan rings is 1. The number of aryl methyl sites for hydroxylation is 4. The Kier molecular flexibility index (Phi) is 6.61. The number of nitrogens with zero attached hydrogens (tertiary/aromatic N) is 3. The van der Waals surface area contributed by atoms with Crippen molar-refractivity contribution in [3.05, 3.63) is 107 Å². The van der Waals surface area contributed by atoms with Gasteiger partial charge in [-0.25, -0.2) is 9.79 Å². The maximum absolute atomic E-state index is 13.9. The molecule has 4 aromatic rings. The molecular weight excluding hydrogens is 498 g/mol. The van der Waals surface area contributed by atoms with E-state index in [-0.39, 0.29) is 12.2 Å². The van der Waals surface area contributed by atoms with Gasteiger partial charge in [0.25, 0.3) is 5.56 Å². The highest BCUT2D eigenvalue weighted by Crippen LogP contribution is 2.32. The van der Waals surface area contributed by atoms with Gasteiger partial charge in [-0.3, -0.25) is 9.36 Å². The Hall–Kier alpha value is -3.91. The van der Waals surface area contributed by atoms with Crippen molar-refractivity contribution in [2.75, 3.05) is 6.61 Å². The quantitative estimate of drug-likeness (QED) is 0.351. The van der Waals surface area contributed by atoms with Crippen molar-refractivity contribution in [1.29, 1.82) is 0 Å². The highest BCUT2D eigenvalue weighted by atomic mass is 32.1. The lowest BCUT2D eigenvalue weighted by Crippen LogP contribution is -2.39. The van der Waals surface area contributed by atoms with Gasteiger partial charge >= 0.3 is 5.97 Å². The minimum atomic E-state index is -0.746. The fourth-order valence-electron chi connectivity index (χ4n) is 5.00. The molecule has 0 N–H and O–H groups in total. The summed E-state index contributed by atoms with van der Waals surface area (Å²) in [5.41, 5.74) is 7.24. The van der Waals surface area contributed by atoms with Gasteiger partial charge in [0.05, 0.1) is 22.4 Å². The van der Waals surface area contributed by atoms with Gasteiger partial charge < -0.3 is 13.7 Å². The topological polar surface area (TPSA) is 78.7 Å². The van der Waals surface area contributed by atoms with E-state index < -0.39 is 12.0 Å². The lowest BCUT2D eigenvalue weighted by atomic mass is 10.0. The Balaban J connectivity index is 1.68. The molecule has 5 rings (SSSR count). The number of aromatic nitrogens is 2. The van der Waals surface area contributed by atoms with Gasteiger partial charge in [0.2, 0.25) is 0 Å². The molecule has 7 nitrogen and oxygen atoms in total. The van der Waals surface area contributed by atoms with Crippen LogP contribution in [0.2, 0.25) is 0 Å². The smallest absolute Gasteiger partial charge is 0.338 e. The first-order valence-electron chi connectivity index (χ1n) is 12.6. The molecule has 0 saturated carbocycles. The number of ether oxygens (including phenoxy) is 1. The minimum Gasteiger partial charge on any atom is -0.464 e. The molecule has 1 aliphatic rings. The second-order valence-electron chi connectivity index (χ2n) is 9.68. The van der Waals surface area contributed by atoms with Gasteiger partial charge in [0.15, 0.2) is 4.80 Å². The highest BCUT2D eigenvalue weighted by Gasteiger charge is 2.35. The Bertz CT molecular complexity index is 1800. The van der Waals surface area contributed by atoms with E-state index in [0.29, 0.717) is 32.1 Å². The lowest BCUT2D eigenvalue weighted by Gasteiger charge is -2.22. The van der Waals surface area contributed by atoms with Crippen LogP contribution in [-0.4, -0.2) is 21.7 Å². The number of fused-ring (bicyclic) bond motifs is 1. The van der Waals surface area contributed by atoms with Crippen LogP contribution < -0.4 is 14.9 Å². The zero-order chi connectivity index (χ0) is 27.3. The monoisotopic (exact) mass is 529 g/mol. The molecule has 196 valence electrons. The summed E-state index contributed by atoms with van der Waals surface area (Å²) in [6, 6.07) is 11.4. The van der Waals surface area contributed by atoms with E-state index in [1.165, 1.54) is 22.5 Å². The third-order valence-electron chi connectivity index (χ3n) is 7.05. The van der Waals surface area contributed by atoms with Crippen molar-refractivity contribution in [1.82, 2.24) is 9.13 Å².